The van der Waals surface area contributed by atoms with Gasteiger partial charge in [0.15, 0.2) is 0 Å². The number of aromatic nitrogens is 1. The van der Waals surface area contributed by atoms with Gasteiger partial charge in [-0.25, -0.2) is 4.39 Å². The Morgan fingerprint density at radius 2 is 1.59 bits per heavy atom. The molecule has 0 aliphatic heterocycles. The van der Waals surface area contributed by atoms with E-state index in [2.05, 4.69) is 10.6 Å². The molecule has 29 heavy (non-hydrogen) atoms. The lowest BCUT2D eigenvalue weighted by Gasteiger charge is -2.11. The first-order chi connectivity index (χ1) is 13.9. The van der Waals surface area contributed by atoms with Gasteiger partial charge in [-0.1, -0.05) is 12.1 Å². The van der Waals surface area contributed by atoms with Crippen molar-refractivity contribution < 1.29 is 14.0 Å². The monoisotopic (exact) mass is 391 g/mol. The molecule has 1 heterocycles. The van der Waals surface area contributed by atoms with Crippen LogP contribution >= 0.6 is 0 Å². The van der Waals surface area contributed by atoms with E-state index in [0.717, 1.165) is 18.5 Å². The Morgan fingerprint density at radius 3 is 2.21 bits per heavy atom. The van der Waals surface area contributed by atoms with Gasteiger partial charge >= 0.3 is 0 Å². The summed E-state index contributed by atoms with van der Waals surface area (Å²) in [7, 11) is 0. The van der Waals surface area contributed by atoms with Gasteiger partial charge in [-0.15, -0.1) is 0 Å². The molecule has 1 fully saturated rings. The third-order valence-corrected chi connectivity index (χ3v) is 5.13. The highest BCUT2D eigenvalue weighted by Crippen LogP contribution is 2.30. The van der Waals surface area contributed by atoms with Crippen LogP contribution in [-0.4, -0.2) is 16.4 Å². The molecule has 0 unspecified atom stereocenters. The van der Waals surface area contributed by atoms with Gasteiger partial charge in [0, 0.05) is 28.7 Å². The first-order valence-corrected chi connectivity index (χ1v) is 9.60. The van der Waals surface area contributed by atoms with Gasteiger partial charge in [0.2, 0.25) is 5.91 Å². The standard InChI is InChI=1S/C23H22FN3O2/c1-14-13-19(15(2)27(14)21-6-4-3-5-20(21)24)23(29)26-18-11-9-17(10-12-18)25-22(28)16-7-8-16/h3-6,9-13,16H,7-8H2,1-2H3,(H,25,28)(H,26,29). The van der Waals surface area contributed by atoms with E-state index in [4.69, 9.17) is 0 Å². The Morgan fingerprint density at radius 1 is 0.966 bits per heavy atom. The fourth-order valence-corrected chi connectivity index (χ4v) is 3.42. The lowest BCUT2D eigenvalue weighted by atomic mass is 10.2. The molecular weight excluding hydrogens is 369 g/mol. The maximum atomic E-state index is 14.2. The number of aryl methyl sites for hydroxylation is 1. The van der Waals surface area contributed by atoms with Gasteiger partial charge in [-0.3, -0.25) is 9.59 Å². The van der Waals surface area contributed by atoms with Crippen LogP contribution in [0.5, 0.6) is 0 Å². The minimum absolute atomic E-state index is 0.0439. The summed E-state index contributed by atoms with van der Waals surface area (Å²) in [5.74, 6) is -0.429. The second-order valence-corrected chi connectivity index (χ2v) is 7.37. The molecule has 0 radical (unpaired) electrons. The number of nitrogens with one attached hydrogen (secondary N) is 2. The van der Waals surface area contributed by atoms with Gasteiger partial charge in [-0.05, 0) is 69.2 Å². The van der Waals surface area contributed by atoms with E-state index in [9.17, 15) is 14.0 Å². The van der Waals surface area contributed by atoms with E-state index < -0.39 is 0 Å². The first kappa shape index (κ1) is 18.9. The molecule has 2 aromatic carbocycles. The molecule has 4 rings (SSSR count). The second-order valence-electron chi connectivity index (χ2n) is 7.37. The van der Waals surface area contributed by atoms with Gasteiger partial charge in [0.1, 0.15) is 5.82 Å². The molecule has 2 N–H and O–H groups in total. The van der Waals surface area contributed by atoms with Gasteiger partial charge in [0.25, 0.3) is 5.91 Å². The van der Waals surface area contributed by atoms with Crippen molar-refractivity contribution in [3.63, 3.8) is 0 Å². The zero-order valence-electron chi connectivity index (χ0n) is 16.3. The van der Waals surface area contributed by atoms with Crippen molar-refractivity contribution in [2.24, 2.45) is 5.92 Å². The van der Waals surface area contributed by atoms with E-state index in [-0.39, 0.29) is 23.5 Å². The topological polar surface area (TPSA) is 63.1 Å². The van der Waals surface area contributed by atoms with E-state index in [1.165, 1.54) is 6.07 Å². The Labute approximate surface area is 168 Å². The normalized spacial score (nSPS) is 13.2. The number of carbonyl (C=O) groups is 2. The number of nitrogens with zero attached hydrogens (tertiary/aromatic N) is 1. The highest BCUT2D eigenvalue weighted by molar-refractivity contribution is 6.05. The fraction of sp³-hybridized carbons (Fsp3) is 0.217. The Balaban J connectivity index is 1.51. The quantitative estimate of drug-likeness (QED) is 0.654. The summed E-state index contributed by atoms with van der Waals surface area (Å²) in [6.45, 7) is 3.64. The minimum atomic E-state index is -0.343. The van der Waals surface area contributed by atoms with E-state index in [1.807, 2.05) is 6.92 Å². The summed E-state index contributed by atoms with van der Waals surface area (Å²) in [5.41, 5.74) is 3.66. The third-order valence-electron chi connectivity index (χ3n) is 5.13. The average Bonchev–Trinajstić information content (AvgIpc) is 3.50. The summed E-state index contributed by atoms with van der Waals surface area (Å²) in [6, 6.07) is 15.3. The van der Waals surface area contributed by atoms with Crippen LogP contribution < -0.4 is 10.6 Å². The average molecular weight is 391 g/mol. The Bertz CT molecular complexity index is 1080. The van der Waals surface area contributed by atoms with E-state index in [1.54, 1.807) is 60.0 Å². The zero-order chi connectivity index (χ0) is 20.5. The highest BCUT2D eigenvalue weighted by atomic mass is 19.1. The predicted octanol–water partition coefficient (Wildman–Crippen LogP) is 4.83. The molecule has 3 aromatic rings. The molecule has 5 nitrogen and oxygen atoms in total. The molecule has 2 amide bonds. The molecule has 1 aliphatic rings. The largest absolute Gasteiger partial charge is 0.326 e. The van der Waals surface area contributed by atoms with Crippen LogP contribution in [0.25, 0.3) is 5.69 Å². The Kier molecular flexibility index (Phi) is 4.92. The van der Waals surface area contributed by atoms with Gasteiger partial charge < -0.3 is 15.2 Å². The maximum absolute atomic E-state index is 14.2. The van der Waals surface area contributed by atoms with E-state index >= 15 is 0 Å². The lowest BCUT2D eigenvalue weighted by molar-refractivity contribution is -0.117. The van der Waals surface area contributed by atoms with Gasteiger partial charge in [-0.2, -0.15) is 0 Å². The minimum Gasteiger partial charge on any atom is -0.326 e. The van der Waals surface area contributed by atoms with E-state index in [0.29, 0.717) is 28.3 Å². The fourth-order valence-electron chi connectivity index (χ4n) is 3.42. The van der Waals surface area contributed by atoms with Crippen molar-refractivity contribution in [3.05, 3.63) is 77.4 Å². The molecular formula is C23H22FN3O2. The van der Waals surface area contributed by atoms with Crippen LogP contribution in [0.15, 0.2) is 54.6 Å². The van der Waals surface area contributed by atoms with Crippen molar-refractivity contribution in [2.75, 3.05) is 10.6 Å². The number of para-hydroxylation sites is 1. The molecule has 0 spiro atoms. The first-order valence-electron chi connectivity index (χ1n) is 9.60. The Hall–Kier alpha value is -3.41. The molecule has 0 saturated heterocycles. The highest BCUT2D eigenvalue weighted by Gasteiger charge is 2.29. The van der Waals surface area contributed by atoms with Crippen molar-refractivity contribution in [1.82, 2.24) is 4.57 Å². The summed E-state index contributed by atoms with van der Waals surface area (Å²) in [6.07, 6.45) is 1.90. The van der Waals surface area contributed by atoms with Crippen LogP contribution in [0.2, 0.25) is 0 Å². The number of anilines is 2. The molecule has 6 heteroatoms. The smallest absolute Gasteiger partial charge is 0.257 e. The van der Waals surface area contributed by atoms with Crippen LogP contribution in [-0.2, 0) is 4.79 Å². The molecule has 148 valence electrons. The van der Waals surface area contributed by atoms with Crippen LogP contribution in [0.1, 0.15) is 34.6 Å². The van der Waals surface area contributed by atoms with Crippen LogP contribution in [0.4, 0.5) is 15.8 Å². The van der Waals surface area contributed by atoms with Crippen molar-refractivity contribution in [2.45, 2.75) is 26.7 Å². The third kappa shape index (κ3) is 3.92. The van der Waals surface area contributed by atoms with Crippen molar-refractivity contribution >= 4 is 23.2 Å². The maximum Gasteiger partial charge on any atom is 0.257 e. The van der Waals surface area contributed by atoms with Gasteiger partial charge in [0.05, 0.1) is 11.3 Å². The number of amides is 2. The number of rotatable bonds is 5. The van der Waals surface area contributed by atoms with Crippen molar-refractivity contribution in [1.29, 1.82) is 0 Å². The lowest BCUT2D eigenvalue weighted by Crippen LogP contribution is -2.14. The zero-order valence-corrected chi connectivity index (χ0v) is 16.3. The van der Waals surface area contributed by atoms with Crippen molar-refractivity contribution in [3.8, 4) is 5.69 Å². The molecule has 0 bridgehead atoms. The summed E-state index contributed by atoms with van der Waals surface area (Å²) in [5, 5.41) is 5.73. The number of hydrogen-bond donors (Lipinski definition) is 2. The second kappa shape index (κ2) is 7.54. The number of hydrogen-bond acceptors (Lipinski definition) is 2. The summed E-state index contributed by atoms with van der Waals surface area (Å²) in [4.78, 5) is 24.6. The van der Waals surface area contributed by atoms with Crippen LogP contribution in [0, 0.1) is 25.6 Å². The number of halogens is 1. The summed E-state index contributed by atoms with van der Waals surface area (Å²) >= 11 is 0. The molecule has 1 aromatic heterocycles. The summed E-state index contributed by atoms with van der Waals surface area (Å²) < 4.78 is 16.0. The molecule has 1 aliphatic carbocycles. The predicted molar refractivity (Wildman–Crippen MR) is 111 cm³/mol. The number of benzene rings is 2. The van der Waals surface area contributed by atoms with Crippen LogP contribution in [0.3, 0.4) is 0 Å². The molecule has 1 saturated carbocycles. The number of carbonyl (C=O) groups excluding carboxylic acids is 2. The SMILES string of the molecule is Cc1cc(C(=O)Nc2ccc(NC(=O)C3CC3)cc2)c(C)n1-c1ccccc1F. The molecule has 0 atom stereocenters.